The highest BCUT2D eigenvalue weighted by Gasteiger charge is 2.25. The van der Waals surface area contributed by atoms with E-state index in [1.165, 1.54) is 16.9 Å². The van der Waals surface area contributed by atoms with Crippen molar-refractivity contribution in [1.29, 1.82) is 0 Å². The van der Waals surface area contributed by atoms with E-state index >= 15 is 0 Å². The van der Waals surface area contributed by atoms with Crippen molar-refractivity contribution in [2.75, 3.05) is 31.6 Å². The lowest BCUT2D eigenvalue weighted by Crippen LogP contribution is -2.32. The van der Waals surface area contributed by atoms with Gasteiger partial charge in [0.15, 0.2) is 5.13 Å². The molecule has 0 radical (unpaired) electrons. The Morgan fingerprint density at radius 1 is 1.38 bits per heavy atom. The van der Waals surface area contributed by atoms with Gasteiger partial charge >= 0.3 is 0 Å². The molecule has 138 valence electrons. The maximum Gasteiger partial charge on any atom is 0.263 e. The highest BCUT2D eigenvalue weighted by atomic mass is 32.1. The summed E-state index contributed by atoms with van der Waals surface area (Å²) in [5, 5.41) is 3.74. The highest BCUT2D eigenvalue weighted by Crippen LogP contribution is 2.33. The Morgan fingerprint density at radius 2 is 2.12 bits per heavy atom. The number of carbonyl (C=O) groups is 1. The van der Waals surface area contributed by atoms with Gasteiger partial charge in [0, 0.05) is 26.7 Å². The van der Waals surface area contributed by atoms with E-state index in [0.29, 0.717) is 29.6 Å². The van der Waals surface area contributed by atoms with Crippen LogP contribution in [0, 0.1) is 0 Å². The number of thiazole rings is 1. The predicted molar refractivity (Wildman–Crippen MR) is 106 cm³/mol. The Hall–Kier alpha value is -2.18. The predicted octanol–water partition coefficient (Wildman–Crippen LogP) is 3.59. The quantitative estimate of drug-likeness (QED) is 0.756. The second-order valence-electron chi connectivity index (χ2n) is 6.38. The minimum absolute atomic E-state index is 0.111. The Bertz CT molecular complexity index is 737. The number of ether oxygens (including phenoxy) is 1. The molecule has 1 N–H and O–H groups in total. The third-order valence-corrected chi connectivity index (χ3v) is 5.77. The van der Waals surface area contributed by atoms with Crippen LogP contribution in [-0.2, 0) is 11.3 Å². The van der Waals surface area contributed by atoms with E-state index in [4.69, 9.17) is 4.74 Å². The Labute approximate surface area is 158 Å². The average molecular weight is 372 g/mol. The molecule has 1 aliphatic rings. The Kier molecular flexibility index (Phi) is 6.41. The number of carbonyl (C=O) groups excluding carboxylic acids is 1. The lowest BCUT2D eigenvalue weighted by molar-refractivity contribution is 0.0957. The number of nitrogens with zero attached hydrogens (tertiary/aromatic N) is 2. The van der Waals surface area contributed by atoms with Crippen molar-refractivity contribution >= 4 is 22.4 Å². The fourth-order valence-corrected chi connectivity index (χ4v) is 4.30. The summed E-state index contributed by atoms with van der Waals surface area (Å²) >= 11 is 1.45. The molecular formula is C20H25N3O2S. The van der Waals surface area contributed by atoms with E-state index in [9.17, 15) is 4.79 Å². The first kappa shape index (κ1) is 18.6. The van der Waals surface area contributed by atoms with Crippen LogP contribution in [0.25, 0.3) is 0 Å². The van der Waals surface area contributed by atoms with Crippen LogP contribution >= 0.6 is 11.3 Å². The van der Waals surface area contributed by atoms with E-state index in [1.54, 1.807) is 13.2 Å². The van der Waals surface area contributed by atoms with E-state index in [1.807, 2.05) is 0 Å². The van der Waals surface area contributed by atoms with E-state index in [-0.39, 0.29) is 5.91 Å². The van der Waals surface area contributed by atoms with Gasteiger partial charge in [-0.1, -0.05) is 47.7 Å². The molecule has 3 rings (SSSR count). The fourth-order valence-electron chi connectivity index (χ4n) is 3.26. The summed E-state index contributed by atoms with van der Waals surface area (Å²) in [5.41, 5.74) is 2.12. The SMILES string of the molecule is C=CCNC(=O)c1sc(N2CCC(c3ccccc3)CC2)nc1COC. The van der Waals surface area contributed by atoms with Crippen molar-refractivity contribution in [1.82, 2.24) is 10.3 Å². The van der Waals surface area contributed by atoms with E-state index in [2.05, 4.69) is 52.1 Å². The molecule has 1 aromatic heterocycles. The zero-order valence-electron chi connectivity index (χ0n) is 15.1. The molecule has 1 saturated heterocycles. The number of rotatable bonds is 7. The summed E-state index contributed by atoms with van der Waals surface area (Å²) < 4.78 is 5.22. The van der Waals surface area contributed by atoms with Crippen molar-refractivity contribution in [3.63, 3.8) is 0 Å². The van der Waals surface area contributed by atoms with Crippen molar-refractivity contribution in [2.24, 2.45) is 0 Å². The second kappa shape index (κ2) is 8.96. The molecule has 1 aromatic carbocycles. The molecule has 1 amide bonds. The summed E-state index contributed by atoms with van der Waals surface area (Å²) in [6, 6.07) is 10.7. The molecule has 2 heterocycles. The average Bonchev–Trinajstić information content (AvgIpc) is 3.11. The van der Waals surface area contributed by atoms with Crippen LogP contribution < -0.4 is 10.2 Å². The number of hydrogen-bond acceptors (Lipinski definition) is 5. The topological polar surface area (TPSA) is 54.5 Å². The maximum absolute atomic E-state index is 12.4. The number of nitrogens with one attached hydrogen (secondary N) is 1. The van der Waals surface area contributed by atoms with Gasteiger partial charge in [-0.2, -0.15) is 0 Å². The molecule has 1 aliphatic heterocycles. The van der Waals surface area contributed by atoms with E-state index < -0.39 is 0 Å². The van der Waals surface area contributed by atoms with Gasteiger partial charge in [0.2, 0.25) is 0 Å². The molecule has 0 atom stereocenters. The van der Waals surface area contributed by atoms with Gasteiger partial charge in [0.25, 0.3) is 5.91 Å². The number of anilines is 1. The summed E-state index contributed by atoms with van der Waals surface area (Å²) in [4.78, 5) is 20.0. The van der Waals surface area contributed by atoms with Crippen molar-refractivity contribution < 1.29 is 9.53 Å². The van der Waals surface area contributed by atoms with Gasteiger partial charge < -0.3 is 15.0 Å². The van der Waals surface area contributed by atoms with Crippen LogP contribution in [-0.4, -0.2) is 37.6 Å². The minimum Gasteiger partial charge on any atom is -0.378 e. The van der Waals surface area contributed by atoms with Gasteiger partial charge in [0.05, 0.1) is 12.3 Å². The number of hydrogen-bond donors (Lipinski definition) is 1. The van der Waals surface area contributed by atoms with Crippen LogP contribution in [0.2, 0.25) is 0 Å². The second-order valence-corrected chi connectivity index (χ2v) is 7.35. The number of amides is 1. The smallest absolute Gasteiger partial charge is 0.263 e. The molecule has 0 aliphatic carbocycles. The van der Waals surface area contributed by atoms with Gasteiger partial charge in [0.1, 0.15) is 4.88 Å². The standard InChI is InChI=1S/C20H25N3O2S/c1-3-11-21-19(24)18-17(14-25-2)22-20(26-18)23-12-9-16(10-13-23)15-7-5-4-6-8-15/h3-8,16H,1,9-14H2,2H3,(H,21,24). The number of benzene rings is 1. The zero-order chi connectivity index (χ0) is 18.4. The summed E-state index contributed by atoms with van der Waals surface area (Å²) in [5.74, 6) is 0.487. The van der Waals surface area contributed by atoms with Gasteiger partial charge in [-0.3, -0.25) is 4.79 Å². The van der Waals surface area contributed by atoms with Gasteiger partial charge in [-0.25, -0.2) is 4.98 Å². The molecule has 1 fully saturated rings. The first-order chi connectivity index (χ1) is 12.7. The van der Waals surface area contributed by atoms with Gasteiger partial charge in [-0.05, 0) is 24.3 Å². The molecule has 0 bridgehead atoms. The molecule has 0 spiro atoms. The van der Waals surface area contributed by atoms with Crippen LogP contribution in [0.5, 0.6) is 0 Å². The van der Waals surface area contributed by atoms with Crippen molar-refractivity contribution in [3.8, 4) is 0 Å². The molecular weight excluding hydrogens is 346 g/mol. The summed E-state index contributed by atoms with van der Waals surface area (Å²) in [7, 11) is 1.62. The minimum atomic E-state index is -0.111. The number of piperidine rings is 1. The molecule has 0 unspecified atom stereocenters. The highest BCUT2D eigenvalue weighted by molar-refractivity contribution is 7.17. The fraction of sp³-hybridized carbons (Fsp3) is 0.400. The normalized spacial score (nSPS) is 15.0. The monoisotopic (exact) mass is 371 g/mol. The van der Waals surface area contributed by atoms with Crippen LogP contribution in [0.15, 0.2) is 43.0 Å². The summed E-state index contributed by atoms with van der Waals surface area (Å²) in [6.45, 7) is 6.33. The lowest BCUT2D eigenvalue weighted by atomic mass is 9.90. The lowest BCUT2D eigenvalue weighted by Gasteiger charge is -2.32. The molecule has 6 heteroatoms. The maximum atomic E-state index is 12.4. The van der Waals surface area contributed by atoms with Crippen LogP contribution in [0.4, 0.5) is 5.13 Å². The van der Waals surface area contributed by atoms with Crippen LogP contribution in [0.1, 0.15) is 39.7 Å². The zero-order valence-corrected chi connectivity index (χ0v) is 15.9. The number of aromatic nitrogens is 1. The molecule has 2 aromatic rings. The van der Waals surface area contributed by atoms with Crippen molar-refractivity contribution in [3.05, 3.63) is 59.1 Å². The molecule has 5 nitrogen and oxygen atoms in total. The van der Waals surface area contributed by atoms with Crippen molar-refractivity contribution in [2.45, 2.75) is 25.4 Å². The molecule has 0 saturated carbocycles. The third kappa shape index (κ3) is 4.31. The Balaban J connectivity index is 1.69. The first-order valence-corrected chi connectivity index (χ1v) is 9.72. The van der Waals surface area contributed by atoms with E-state index in [0.717, 1.165) is 31.1 Å². The van der Waals surface area contributed by atoms with Crippen LogP contribution in [0.3, 0.4) is 0 Å². The van der Waals surface area contributed by atoms with Gasteiger partial charge in [-0.15, -0.1) is 6.58 Å². The largest absolute Gasteiger partial charge is 0.378 e. The first-order valence-electron chi connectivity index (χ1n) is 8.90. The summed E-state index contributed by atoms with van der Waals surface area (Å²) in [6.07, 6.45) is 3.87. The molecule has 26 heavy (non-hydrogen) atoms. The Morgan fingerprint density at radius 3 is 2.77 bits per heavy atom. The third-order valence-electron chi connectivity index (χ3n) is 4.62. The number of methoxy groups -OCH3 is 1.